The number of hydrogen-bond acceptors (Lipinski definition) is 5. The lowest BCUT2D eigenvalue weighted by molar-refractivity contribution is 0.276. The number of pyridine rings is 2. The van der Waals surface area contributed by atoms with Crippen LogP contribution in [0.4, 0.5) is 0 Å². The van der Waals surface area contributed by atoms with E-state index in [9.17, 15) is 0 Å². The number of nitrogens with zero attached hydrogens (tertiary/aromatic N) is 2. The van der Waals surface area contributed by atoms with Gasteiger partial charge in [-0.1, -0.05) is 12.1 Å². The minimum Gasteiger partial charge on any atom is -0.390 e. The Labute approximate surface area is 116 Å². The van der Waals surface area contributed by atoms with Crippen molar-refractivity contribution in [1.82, 2.24) is 9.97 Å². The first-order chi connectivity index (χ1) is 9.31. The number of hydrogen-bond donors (Lipinski definition) is 2. The molecule has 0 saturated heterocycles. The largest absolute Gasteiger partial charge is 0.390 e. The zero-order valence-electron chi connectivity index (χ0n) is 10.5. The summed E-state index contributed by atoms with van der Waals surface area (Å²) in [5.74, 6) is 1.55. The van der Waals surface area contributed by atoms with E-state index in [1.54, 1.807) is 23.9 Å². The van der Waals surface area contributed by atoms with Gasteiger partial charge in [-0.3, -0.25) is 9.97 Å². The Kier molecular flexibility index (Phi) is 5.32. The smallest absolute Gasteiger partial charge is 0.0853 e. The Balaban J connectivity index is 1.88. The Bertz CT molecular complexity index is 487. The summed E-state index contributed by atoms with van der Waals surface area (Å²) in [6.07, 6.45) is 0. The highest BCUT2D eigenvalue weighted by molar-refractivity contribution is 7.97. The van der Waals surface area contributed by atoms with Gasteiger partial charge in [0.05, 0.1) is 36.0 Å². The summed E-state index contributed by atoms with van der Waals surface area (Å²) in [6.45, 7) is -0.0583. The van der Waals surface area contributed by atoms with Gasteiger partial charge in [-0.05, 0) is 24.3 Å². The molecule has 2 rings (SSSR count). The number of aromatic nitrogens is 2. The SMILES string of the molecule is OCc1cccc(CSCc2cccc(CO)n2)n1. The van der Waals surface area contributed by atoms with Crippen LogP contribution in [-0.4, -0.2) is 20.2 Å². The third-order valence-corrected chi connectivity index (χ3v) is 3.55. The molecule has 0 aromatic carbocycles. The highest BCUT2D eigenvalue weighted by Gasteiger charge is 2.00. The molecule has 5 heteroatoms. The van der Waals surface area contributed by atoms with Crippen molar-refractivity contribution >= 4 is 11.8 Å². The van der Waals surface area contributed by atoms with Crippen molar-refractivity contribution < 1.29 is 10.2 Å². The van der Waals surface area contributed by atoms with Gasteiger partial charge in [0, 0.05) is 11.5 Å². The normalized spacial score (nSPS) is 10.6. The van der Waals surface area contributed by atoms with E-state index in [-0.39, 0.29) is 13.2 Å². The molecular weight excluding hydrogens is 260 g/mol. The predicted octanol–water partition coefficient (Wildman–Crippen LogP) is 1.89. The van der Waals surface area contributed by atoms with E-state index in [1.807, 2.05) is 24.3 Å². The van der Waals surface area contributed by atoms with Gasteiger partial charge < -0.3 is 10.2 Å². The van der Waals surface area contributed by atoms with Crippen LogP contribution >= 0.6 is 11.8 Å². The van der Waals surface area contributed by atoms with Crippen LogP contribution in [0.25, 0.3) is 0 Å². The van der Waals surface area contributed by atoms with Crippen molar-refractivity contribution in [3.8, 4) is 0 Å². The molecule has 2 heterocycles. The Morgan fingerprint density at radius 3 is 1.58 bits per heavy atom. The highest BCUT2D eigenvalue weighted by Crippen LogP contribution is 2.16. The summed E-state index contributed by atoms with van der Waals surface area (Å²) >= 11 is 1.71. The maximum Gasteiger partial charge on any atom is 0.0853 e. The Morgan fingerprint density at radius 2 is 1.16 bits per heavy atom. The van der Waals surface area contributed by atoms with E-state index >= 15 is 0 Å². The summed E-state index contributed by atoms with van der Waals surface area (Å²) in [5, 5.41) is 18.0. The van der Waals surface area contributed by atoms with Crippen LogP contribution in [0.5, 0.6) is 0 Å². The van der Waals surface area contributed by atoms with Gasteiger partial charge in [0.25, 0.3) is 0 Å². The van der Waals surface area contributed by atoms with Gasteiger partial charge >= 0.3 is 0 Å². The first kappa shape index (κ1) is 14.0. The van der Waals surface area contributed by atoms with Crippen molar-refractivity contribution in [2.24, 2.45) is 0 Å². The van der Waals surface area contributed by atoms with Crippen molar-refractivity contribution in [3.05, 3.63) is 59.2 Å². The average molecular weight is 276 g/mol. The molecule has 0 unspecified atom stereocenters. The average Bonchev–Trinajstić information content (AvgIpc) is 2.48. The van der Waals surface area contributed by atoms with Gasteiger partial charge in [0.1, 0.15) is 0 Å². The van der Waals surface area contributed by atoms with Crippen molar-refractivity contribution in [1.29, 1.82) is 0 Å². The monoisotopic (exact) mass is 276 g/mol. The Morgan fingerprint density at radius 1 is 0.737 bits per heavy atom. The van der Waals surface area contributed by atoms with Gasteiger partial charge in [-0.15, -0.1) is 11.8 Å². The van der Waals surface area contributed by atoms with E-state index in [0.717, 1.165) is 22.9 Å². The number of aliphatic hydroxyl groups excluding tert-OH is 2. The predicted molar refractivity (Wildman–Crippen MR) is 75.3 cm³/mol. The third-order valence-electron chi connectivity index (χ3n) is 2.55. The van der Waals surface area contributed by atoms with Crippen LogP contribution in [0.3, 0.4) is 0 Å². The molecule has 0 aliphatic heterocycles. The van der Waals surface area contributed by atoms with Gasteiger partial charge in [-0.25, -0.2) is 0 Å². The second-order valence-corrected chi connectivity index (χ2v) is 5.04. The topological polar surface area (TPSA) is 66.2 Å². The summed E-state index contributed by atoms with van der Waals surface area (Å²) in [5.41, 5.74) is 3.29. The molecule has 4 nitrogen and oxygen atoms in total. The maximum absolute atomic E-state index is 9.02. The van der Waals surface area contributed by atoms with Gasteiger partial charge in [0.2, 0.25) is 0 Å². The van der Waals surface area contributed by atoms with Crippen LogP contribution in [0.1, 0.15) is 22.8 Å². The van der Waals surface area contributed by atoms with E-state index in [1.165, 1.54) is 0 Å². The van der Waals surface area contributed by atoms with Crippen LogP contribution in [-0.2, 0) is 24.7 Å². The lowest BCUT2D eigenvalue weighted by Gasteiger charge is -2.04. The molecule has 0 radical (unpaired) electrons. The van der Waals surface area contributed by atoms with Crippen LogP contribution in [0.2, 0.25) is 0 Å². The van der Waals surface area contributed by atoms with Gasteiger partial charge in [0.15, 0.2) is 0 Å². The fourth-order valence-electron chi connectivity index (χ4n) is 1.66. The van der Waals surface area contributed by atoms with Crippen LogP contribution in [0.15, 0.2) is 36.4 Å². The summed E-state index contributed by atoms with van der Waals surface area (Å²) < 4.78 is 0. The second kappa shape index (κ2) is 7.23. The summed E-state index contributed by atoms with van der Waals surface area (Å²) in [6, 6.07) is 11.3. The number of aliphatic hydroxyl groups is 2. The summed E-state index contributed by atoms with van der Waals surface area (Å²) in [4.78, 5) is 8.65. The maximum atomic E-state index is 9.02. The molecule has 2 aromatic rings. The quantitative estimate of drug-likeness (QED) is 0.843. The van der Waals surface area contributed by atoms with Crippen molar-refractivity contribution in [2.75, 3.05) is 0 Å². The molecular formula is C14H16N2O2S. The highest BCUT2D eigenvalue weighted by atomic mass is 32.2. The molecule has 0 bridgehead atoms. The van der Waals surface area contributed by atoms with E-state index < -0.39 is 0 Å². The fraction of sp³-hybridized carbons (Fsp3) is 0.286. The molecule has 0 amide bonds. The molecule has 0 aliphatic carbocycles. The van der Waals surface area contributed by atoms with Crippen molar-refractivity contribution in [2.45, 2.75) is 24.7 Å². The van der Waals surface area contributed by atoms with E-state index in [4.69, 9.17) is 10.2 Å². The third kappa shape index (κ3) is 4.31. The molecule has 0 atom stereocenters. The van der Waals surface area contributed by atoms with Crippen LogP contribution < -0.4 is 0 Å². The van der Waals surface area contributed by atoms with E-state index in [0.29, 0.717) is 11.4 Å². The van der Waals surface area contributed by atoms with Crippen LogP contribution in [0, 0.1) is 0 Å². The van der Waals surface area contributed by atoms with E-state index in [2.05, 4.69) is 9.97 Å². The number of rotatable bonds is 6. The summed E-state index contributed by atoms with van der Waals surface area (Å²) in [7, 11) is 0. The molecule has 0 saturated carbocycles. The second-order valence-electron chi connectivity index (χ2n) is 4.05. The first-order valence-electron chi connectivity index (χ1n) is 6.01. The first-order valence-corrected chi connectivity index (χ1v) is 7.16. The molecule has 2 aromatic heterocycles. The molecule has 19 heavy (non-hydrogen) atoms. The zero-order valence-corrected chi connectivity index (χ0v) is 11.3. The zero-order chi connectivity index (χ0) is 13.5. The lowest BCUT2D eigenvalue weighted by atomic mass is 10.3. The minimum atomic E-state index is -0.0292. The van der Waals surface area contributed by atoms with Gasteiger partial charge in [-0.2, -0.15) is 0 Å². The number of thioether (sulfide) groups is 1. The Hall–Kier alpha value is -1.43. The standard InChI is InChI=1S/C14H16N2O2S/c17-7-11-3-1-5-13(15-11)9-19-10-14-6-2-4-12(8-18)16-14/h1-6,17-18H,7-10H2. The molecule has 0 fully saturated rings. The minimum absolute atomic E-state index is 0.0292. The van der Waals surface area contributed by atoms with Crippen molar-refractivity contribution in [3.63, 3.8) is 0 Å². The molecule has 0 spiro atoms. The lowest BCUT2D eigenvalue weighted by Crippen LogP contribution is -1.96. The molecule has 0 aliphatic rings. The fourth-order valence-corrected chi connectivity index (χ4v) is 2.50. The molecule has 2 N–H and O–H groups in total. The molecule has 100 valence electrons.